The summed E-state index contributed by atoms with van der Waals surface area (Å²) in [6.07, 6.45) is 0. The average Bonchev–Trinajstić information content (AvgIpc) is 3.25. The van der Waals surface area contributed by atoms with Gasteiger partial charge in [0.15, 0.2) is 0 Å². The van der Waals surface area contributed by atoms with E-state index in [-0.39, 0.29) is 34.1 Å². The van der Waals surface area contributed by atoms with Crippen LogP contribution < -0.4 is 0 Å². The zero-order valence-electron chi connectivity index (χ0n) is 10.3. The molecule has 0 bridgehead atoms. The summed E-state index contributed by atoms with van der Waals surface area (Å²) in [4.78, 5) is 7.75. The average molecular weight is 372 g/mol. The van der Waals surface area contributed by atoms with E-state index in [0.717, 1.165) is 0 Å². The first-order valence-corrected chi connectivity index (χ1v) is 4.68. The molecule has 0 saturated heterocycles. The van der Waals surface area contributed by atoms with Gasteiger partial charge in [-0.15, -0.1) is 0 Å². The summed E-state index contributed by atoms with van der Waals surface area (Å²) in [6.45, 7) is 12.2. The Bertz CT molecular complexity index is 250. The Balaban J connectivity index is -0.0000000311. The maximum Gasteiger partial charge on any atom is 5.00 e. The molecular weight excluding hydrogens is 360 g/mol. The second kappa shape index (κ2) is 64.3. The zero-order valence-corrected chi connectivity index (χ0v) is 13.3. The van der Waals surface area contributed by atoms with Crippen LogP contribution in [0.15, 0.2) is 60.7 Å². The Morgan fingerprint density at radius 3 is 1.10 bits per heavy atom. The standard InChI is InChI=1S/2C5H5.CHO.2CO.CHS.2Fe/c2*1-2-4-5-3-1;4*1-2;;/h2*1-5H;1H;;;1H;;/q-5;2*-1;;;-1;;+5. The van der Waals surface area contributed by atoms with Crippen molar-refractivity contribution in [3.8, 4) is 0 Å². The molecule has 0 spiro atoms. The Morgan fingerprint density at radius 1 is 0.800 bits per heavy atom. The van der Waals surface area contributed by atoms with Crippen molar-refractivity contribution in [3.05, 3.63) is 74.0 Å². The minimum atomic E-state index is 0. The molecule has 111 valence electrons. The molecule has 20 heavy (non-hydrogen) atoms. The topological polar surface area (TPSA) is 56.9 Å². The number of thiocarbonyl (C=S) groups is 1. The van der Waals surface area contributed by atoms with Gasteiger partial charge in [-0.25, -0.2) is 12.1 Å². The van der Waals surface area contributed by atoms with Crippen molar-refractivity contribution in [2.45, 2.75) is 0 Å². The van der Waals surface area contributed by atoms with Crippen LogP contribution in [0.5, 0.6) is 0 Å². The van der Waals surface area contributed by atoms with E-state index in [9.17, 15) is 0 Å². The van der Waals surface area contributed by atoms with E-state index in [1.165, 1.54) is 0 Å². The predicted molar refractivity (Wildman–Crippen MR) is 72.3 cm³/mol. The first kappa shape index (κ1) is 36.4. The number of hydrogen-bond acceptors (Lipinski definition) is 2. The van der Waals surface area contributed by atoms with Crippen molar-refractivity contribution in [1.29, 1.82) is 0 Å². The van der Waals surface area contributed by atoms with Crippen LogP contribution in [0, 0.1) is 13.3 Å². The fourth-order valence-corrected chi connectivity index (χ4v) is 0.642. The summed E-state index contributed by atoms with van der Waals surface area (Å²) in [5.41, 5.74) is 0. The molecule has 2 aromatic rings. The number of carbonyl (C=O) groups excluding carboxylic acids is 1. The number of hydrogen-bond donors (Lipinski definition) is 0. The monoisotopic (exact) mass is 372 g/mol. The Morgan fingerprint density at radius 2 is 1.00 bits per heavy atom. The van der Waals surface area contributed by atoms with Crippen LogP contribution >= 0.6 is 12.2 Å². The molecule has 3 nitrogen and oxygen atoms in total. The molecule has 0 aromatic heterocycles. The maximum atomic E-state index is 7.75. The molecule has 0 aliphatic rings. The molecule has 0 unspecified atom stereocenters. The quantitative estimate of drug-likeness (QED) is 0.235. The van der Waals surface area contributed by atoms with Crippen molar-refractivity contribution in [3.63, 3.8) is 0 Å². The molecule has 6 heteroatoms. The molecule has 2 aromatic carbocycles. The molecule has 0 aliphatic heterocycles. The summed E-state index contributed by atoms with van der Waals surface area (Å²) < 4.78 is 15.0. The van der Waals surface area contributed by atoms with Crippen LogP contribution in [0.3, 0.4) is 0 Å². The van der Waals surface area contributed by atoms with Gasteiger partial charge in [0, 0.05) is 17.1 Å². The first-order valence-electron chi connectivity index (χ1n) is 4.21. The minimum Gasteiger partial charge on any atom is -0.748 e. The van der Waals surface area contributed by atoms with Crippen LogP contribution in [-0.4, -0.2) is 12.7 Å². The van der Waals surface area contributed by atoms with Gasteiger partial charge in [0.25, 0.3) is 0 Å². The smallest absolute Gasteiger partial charge is 0.748 e. The fourth-order valence-electron chi connectivity index (χ4n) is 0.642. The van der Waals surface area contributed by atoms with Gasteiger partial charge in [-0.2, -0.15) is 18.2 Å². The predicted octanol–water partition coefficient (Wildman–Crippen LogP) is 2.95. The van der Waals surface area contributed by atoms with E-state index in [4.69, 9.17) is 14.1 Å². The number of rotatable bonds is 0. The molecule has 1 radical (unpaired) electrons. The normalized spacial score (nSPS) is 4.60. The van der Waals surface area contributed by atoms with Crippen LogP contribution in [0.4, 0.5) is 0 Å². The van der Waals surface area contributed by atoms with Crippen LogP contribution in [0.2, 0.25) is 0 Å². The van der Waals surface area contributed by atoms with Gasteiger partial charge in [-0.3, -0.25) is 6.79 Å². The van der Waals surface area contributed by atoms with E-state index >= 15 is 0 Å². The summed E-state index contributed by atoms with van der Waals surface area (Å²) in [5, 5.41) is 0. The van der Waals surface area contributed by atoms with Crippen molar-refractivity contribution >= 4 is 24.9 Å². The SMILES string of the molecule is [C-]#[O+].[C-]#[O+].[CH-]=O.[CH-]=S.[Fe+5].[Fe].[cH-]1[cH-][cH-][cH-][cH-]1.c1cc[cH-]c1. The summed E-state index contributed by atoms with van der Waals surface area (Å²) >= 11 is 3.58. The Hall–Kier alpha value is -1.02. The van der Waals surface area contributed by atoms with Gasteiger partial charge in [0.05, 0.1) is 0 Å². The summed E-state index contributed by atoms with van der Waals surface area (Å²) in [6, 6.07) is 20.0. The van der Waals surface area contributed by atoms with Gasteiger partial charge in [-0.05, 0) is 0 Å². The van der Waals surface area contributed by atoms with Crippen molar-refractivity contribution < 1.29 is 48.2 Å². The third kappa shape index (κ3) is 53.8. The van der Waals surface area contributed by atoms with Gasteiger partial charge >= 0.3 is 39.7 Å². The van der Waals surface area contributed by atoms with Gasteiger partial charge in [0.2, 0.25) is 0 Å². The molecule has 0 amide bonds. The molecular formula is C14H12Fe2O3S-3. The maximum absolute atomic E-state index is 7.75. The fraction of sp³-hybridized carbons (Fsp3) is 0. The summed E-state index contributed by atoms with van der Waals surface area (Å²) in [5.74, 6) is 4.08. The molecule has 0 fully saturated rings. The molecule has 0 saturated carbocycles. The largest absolute Gasteiger partial charge is 5.00 e. The second-order valence-electron chi connectivity index (χ2n) is 1.92. The van der Waals surface area contributed by atoms with E-state index < -0.39 is 0 Å². The molecule has 0 N–H and O–H groups in total. The second-order valence-corrected chi connectivity index (χ2v) is 1.92. The summed E-state index contributed by atoms with van der Waals surface area (Å²) in [7, 11) is 0. The molecule has 0 heterocycles. The molecule has 2 rings (SSSR count). The Kier molecular flexibility index (Phi) is 117. The van der Waals surface area contributed by atoms with E-state index in [2.05, 4.69) is 38.2 Å². The third-order valence-electron chi connectivity index (χ3n) is 1.11. The zero-order chi connectivity index (χ0) is 15.1. The van der Waals surface area contributed by atoms with Crippen LogP contribution in [0.1, 0.15) is 0 Å². The van der Waals surface area contributed by atoms with E-state index in [1.54, 1.807) is 0 Å². The molecule has 0 aliphatic carbocycles. The van der Waals surface area contributed by atoms with Crippen LogP contribution in [-0.2, 0) is 48.2 Å². The van der Waals surface area contributed by atoms with Crippen molar-refractivity contribution in [2.24, 2.45) is 0 Å². The van der Waals surface area contributed by atoms with Gasteiger partial charge < -0.3 is 53.2 Å². The van der Waals surface area contributed by atoms with E-state index in [1.807, 2.05) is 60.7 Å². The molecule has 0 atom stereocenters. The third-order valence-corrected chi connectivity index (χ3v) is 1.11. The van der Waals surface area contributed by atoms with Gasteiger partial charge in [-0.1, -0.05) is 0 Å². The van der Waals surface area contributed by atoms with Crippen LogP contribution in [0.25, 0.3) is 0 Å². The van der Waals surface area contributed by atoms with Crippen molar-refractivity contribution in [1.82, 2.24) is 0 Å². The minimum absolute atomic E-state index is 0. The Labute approximate surface area is 146 Å². The van der Waals surface area contributed by atoms with Gasteiger partial charge in [0.1, 0.15) is 0 Å². The van der Waals surface area contributed by atoms with E-state index in [0.29, 0.717) is 0 Å². The first-order chi connectivity index (χ1) is 9.00. The van der Waals surface area contributed by atoms with Crippen molar-refractivity contribution in [2.75, 3.05) is 0 Å².